The van der Waals surface area contributed by atoms with Gasteiger partial charge < -0.3 is 14.8 Å². The van der Waals surface area contributed by atoms with Crippen LogP contribution in [0.5, 0.6) is 11.5 Å². The van der Waals surface area contributed by atoms with Crippen molar-refractivity contribution in [3.63, 3.8) is 0 Å². The Bertz CT molecular complexity index is 1090. The van der Waals surface area contributed by atoms with Crippen LogP contribution in [0.3, 0.4) is 0 Å². The van der Waals surface area contributed by atoms with Gasteiger partial charge in [0, 0.05) is 10.2 Å². The molecule has 8 heteroatoms. The van der Waals surface area contributed by atoms with E-state index in [1.807, 2.05) is 55.5 Å². The van der Waals surface area contributed by atoms with Crippen LogP contribution >= 0.6 is 27.5 Å². The van der Waals surface area contributed by atoms with Crippen LogP contribution in [-0.2, 0) is 6.61 Å². The summed E-state index contributed by atoms with van der Waals surface area (Å²) in [6.45, 7) is 2.25. The number of hydrazone groups is 1. The highest BCUT2D eigenvalue weighted by Gasteiger charge is 2.12. The second-order valence-electron chi connectivity index (χ2n) is 6.59. The van der Waals surface area contributed by atoms with Crippen LogP contribution in [0, 0.1) is 6.92 Å². The molecule has 0 aliphatic heterocycles. The molecular formula is C23H21BrClN3O3. The van der Waals surface area contributed by atoms with Gasteiger partial charge in [-0.2, -0.15) is 5.10 Å². The predicted octanol–water partition coefficient (Wildman–Crippen LogP) is 6.15. The van der Waals surface area contributed by atoms with E-state index in [9.17, 15) is 4.79 Å². The van der Waals surface area contributed by atoms with Gasteiger partial charge >= 0.3 is 6.03 Å². The molecule has 0 saturated heterocycles. The van der Waals surface area contributed by atoms with Crippen LogP contribution < -0.4 is 20.2 Å². The third-order valence-corrected chi connectivity index (χ3v) is 5.13. The summed E-state index contributed by atoms with van der Waals surface area (Å²) in [5, 5.41) is 7.08. The zero-order valence-corrected chi connectivity index (χ0v) is 19.3. The van der Waals surface area contributed by atoms with Gasteiger partial charge in [0.1, 0.15) is 6.61 Å². The molecule has 0 aliphatic rings. The minimum Gasteiger partial charge on any atom is -0.493 e. The number of rotatable bonds is 7. The summed E-state index contributed by atoms with van der Waals surface area (Å²) in [4.78, 5) is 12.0. The predicted molar refractivity (Wildman–Crippen MR) is 127 cm³/mol. The van der Waals surface area contributed by atoms with Crippen molar-refractivity contribution >= 4 is 45.5 Å². The van der Waals surface area contributed by atoms with E-state index in [0.717, 1.165) is 15.6 Å². The van der Waals surface area contributed by atoms with E-state index < -0.39 is 6.03 Å². The van der Waals surface area contributed by atoms with Crippen LogP contribution in [-0.4, -0.2) is 19.4 Å². The molecule has 2 amide bonds. The number of aryl methyl sites for hydroxylation is 1. The van der Waals surface area contributed by atoms with E-state index in [2.05, 4.69) is 31.8 Å². The molecule has 0 aromatic heterocycles. The summed E-state index contributed by atoms with van der Waals surface area (Å²) in [5.74, 6) is 0.907. The minimum atomic E-state index is -0.446. The Labute approximate surface area is 194 Å². The lowest BCUT2D eigenvalue weighted by molar-refractivity contribution is 0.252. The van der Waals surface area contributed by atoms with Crippen molar-refractivity contribution in [2.75, 3.05) is 12.4 Å². The normalized spacial score (nSPS) is 10.7. The quantitative estimate of drug-likeness (QED) is 0.300. The topological polar surface area (TPSA) is 72.0 Å². The summed E-state index contributed by atoms with van der Waals surface area (Å²) in [5.41, 5.74) is 5.74. The summed E-state index contributed by atoms with van der Waals surface area (Å²) < 4.78 is 12.3. The van der Waals surface area contributed by atoms with Gasteiger partial charge in [0.25, 0.3) is 0 Å². The molecule has 2 N–H and O–H groups in total. The number of benzene rings is 3. The molecule has 0 bridgehead atoms. The van der Waals surface area contributed by atoms with Crippen molar-refractivity contribution in [2.24, 2.45) is 5.10 Å². The lowest BCUT2D eigenvalue weighted by Crippen LogP contribution is -2.24. The average molecular weight is 503 g/mol. The summed E-state index contributed by atoms with van der Waals surface area (Å²) in [7, 11) is 1.53. The summed E-state index contributed by atoms with van der Waals surface area (Å²) in [6.07, 6.45) is 1.48. The maximum Gasteiger partial charge on any atom is 0.339 e. The Morgan fingerprint density at radius 1 is 1.16 bits per heavy atom. The molecule has 0 saturated carbocycles. The van der Waals surface area contributed by atoms with Crippen molar-refractivity contribution in [1.82, 2.24) is 5.43 Å². The van der Waals surface area contributed by atoms with E-state index in [0.29, 0.717) is 34.4 Å². The number of para-hydroxylation sites is 1. The van der Waals surface area contributed by atoms with Gasteiger partial charge in [-0.1, -0.05) is 57.9 Å². The Kier molecular flexibility index (Phi) is 7.92. The third-order valence-electron chi connectivity index (χ3n) is 4.32. The number of carbonyl (C=O) groups excluding carboxylic acids is 1. The Hall–Kier alpha value is -3.03. The fourth-order valence-electron chi connectivity index (χ4n) is 2.72. The molecular weight excluding hydrogens is 482 g/mol. The van der Waals surface area contributed by atoms with E-state index in [1.54, 1.807) is 12.1 Å². The van der Waals surface area contributed by atoms with Crippen LogP contribution in [0.4, 0.5) is 10.5 Å². The largest absolute Gasteiger partial charge is 0.493 e. The average Bonchev–Trinajstić information content (AvgIpc) is 2.75. The Morgan fingerprint density at radius 3 is 2.61 bits per heavy atom. The summed E-state index contributed by atoms with van der Waals surface area (Å²) >= 11 is 9.81. The zero-order chi connectivity index (χ0) is 22.2. The first-order chi connectivity index (χ1) is 15.0. The number of halogens is 2. The highest BCUT2D eigenvalue weighted by molar-refractivity contribution is 9.10. The van der Waals surface area contributed by atoms with E-state index in [-0.39, 0.29) is 0 Å². The highest BCUT2D eigenvalue weighted by Crippen LogP contribution is 2.36. The van der Waals surface area contributed by atoms with Crippen LogP contribution in [0.25, 0.3) is 0 Å². The van der Waals surface area contributed by atoms with E-state index >= 15 is 0 Å². The smallest absolute Gasteiger partial charge is 0.339 e. The molecule has 6 nitrogen and oxygen atoms in total. The number of urea groups is 1. The van der Waals surface area contributed by atoms with Gasteiger partial charge in [0.2, 0.25) is 0 Å². The second kappa shape index (κ2) is 10.8. The SMILES string of the molecule is COc1cc(C=NNC(=O)Nc2ccccc2C)cc(Cl)c1OCc1ccc(Br)cc1. The van der Waals surface area contributed by atoms with Crippen molar-refractivity contribution < 1.29 is 14.3 Å². The molecule has 0 fully saturated rings. The molecule has 0 aliphatic carbocycles. The van der Waals surface area contributed by atoms with Gasteiger partial charge in [-0.05, 0) is 53.9 Å². The second-order valence-corrected chi connectivity index (χ2v) is 7.91. The molecule has 3 aromatic carbocycles. The molecule has 0 spiro atoms. The zero-order valence-electron chi connectivity index (χ0n) is 17.0. The first kappa shape index (κ1) is 22.7. The van der Waals surface area contributed by atoms with Gasteiger partial charge in [-0.15, -0.1) is 0 Å². The number of methoxy groups -OCH3 is 1. The van der Waals surface area contributed by atoms with E-state index in [1.165, 1.54) is 13.3 Å². The molecule has 3 rings (SSSR count). The number of hydrogen-bond donors (Lipinski definition) is 2. The van der Waals surface area contributed by atoms with E-state index in [4.69, 9.17) is 21.1 Å². The molecule has 160 valence electrons. The lowest BCUT2D eigenvalue weighted by Gasteiger charge is -2.13. The fourth-order valence-corrected chi connectivity index (χ4v) is 3.26. The van der Waals surface area contributed by atoms with Crippen molar-refractivity contribution in [2.45, 2.75) is 13.5 Å². The molecule has 31 heavy (non-hydrogen) atoms. The van der Waals surface area contributed by atoms with Gasteiger partial charge in [0.05, 0.1) is 18.3 Å². The first-order valence-corrected chi connectivity index (χ1v) is 10.5. The van der Waals surface area contributed by atoms with Gasteiger partial charge in [0.15, 0.2) is 11.5 Å². The number of anilines is 1. The molecule has 3 aromatic rings. The fraction of sp³-hybridized carbons (Fsp3) is 0.130. The van der Waals surface area contributed by atoms with Crippen molar-refractivity contribution in [3.05, 3.63) is 86.8 Å². The number of ether oxygens (including phenoxy) is 2. The maximum atomic E-state index is 12.0. The Balaban J connectivity index is 1.64. The molecule has 0 heterocycles. The summed E-state index contributed by atoms with van der Waals surface area (Å²) in [6, 6.07) is 18.2. The Morgan fingerprint density at radius 2 is 1.90 bits per heavy atom. The third kappa shape index (κ3) is 6.47. The molecule has 0 radical (unpaired) electrons. The van der Waals surface area contributed by atoms with Crippen LogP contribution in [0.15, 0.2) is 70.2 Å². The number of amides is 2. The molecule has 0 atom stereocenters. The van der Waals surface area contributed by atoms with Gasteiger partial charge in [-0.25, -0.2) is 10.2 Å². The van der Waals surface area contributed by atoms with Crippen molar-refractivity contribution in [3.8, 4) is 11.5 Å². The number of nitrogens with zero attached hydrogens (tertiary/aromatic N) is 1. The maximum absolute atomic E-state index is 12.0. The number of hydrogen-bond acceptors (Lipinski definition) is 4. The van der Waals surface area contributed by atoms with Crippen molar-refractivity contribution in [1.29, 1.82) is 0 Å². The van der Waals surface area contributed by atoms with Crippen LogP contribution in [0.2, 0.25) is 5.02 Å². The highest BCUT2D eigenvalue weighted by atomic mass is 79.9. The number of nitrogens with one attached hydrogen (secondary N) is 2. The van der Waals surface area contributed by atoms with Gasteiger partial charge in [-0.3, -0.25) is 0 Å². The van der Waals surface area contributed by atoms with Crippen LogP contribution in [0.1, 0.15) is 16.7 Å². The minimum absolute atomic E-state index is 0.345. The monoisotopic (exact) mass is 501 g/mol. The lowest BCUT2D eigenvalue weighted by atomic mass is 10.2. The first-order valence-electron chi connectivity index (χ1n) is 9.36. The molecule has 0 unspecified atom stereocenters. The number of carbonyl (C=O) groups is 1. The standard InChI is InChI=1S/C23H21BrClN3O3/c1-15-5-3-4-6-20(15)27-23(29)28-26-13-17-11-19(25)22(21(12-17)30-2)31-14-16-7-9-18(24)10-8-16/h3-13H,14H2,1-2H3,(H2,27,28,29).